The number of rotatable bonds is 38. The molecule has 3 aliphatic carbocycles. The van der Waals surface area contributed by atoms with E-state index in [1.165, 1.54) is 38.5 Å². The van der Waals surface area contributed by atoms with Crippen molar-refractivity contribution in [3.8, 4) is 0 Å². The van der Waals surface area contributed by atoms with Crippen LogP contribution in [0.25, 0.3) is 0 Å². The van der Waals surface area contributed by atoms with Crippen LogP contribution in [-0.2, 0) is 57.2 Å². The molecule has 0 bridgehead atoms. The molecule has 0 saturated heterocycles. The lowest BCUT2D eigenvalue weighted by Crippen LogP contribution is -2.38. The van der Waals surface area contributed by atoms with Crippen molar-refractivity contribution in [2.75, 3.05) is 39.6 Å². The third kappa shape index (κ3) is 58.2. The van der Waals surface area contributed by atoms with Crippen molar-refractivity contribution < 1.29 is 57.2 Å². The monoisotopic (exact) mass is 1390 g/mol. The smallest absolute Gasteiger partial charge is 0.162 e. The fourth-order valence-electron chi connectivity index (χ4n) is 11.2. The second kappa shape index (κ2) is 48.7. The van der Waals surface area contributed by atoms with Crippen LogP contribution in [-0.4, -0.2) is 111 Å². The molecule has 12 nitrogen and oxygen atoms in total. The summed E-state index contributed by atoms with van der Waals surface area (Å²) >= 11 is 0. The van der Waals surface area contributed by atoms with Crippen molar-refractivity contribution in [1.29, 1.82) is 0 Å². The molecule has 0 amide bonds. The molecule has 0 aromatic carbocycles. The summed E-state index contributed by atoms with van der Waals surface area (Å²) in [5.74, 6) is 4.90. The minimum atomic E-state index is -0.272. The molecule has 0 spiro atoms. The van der Waals surface area contributed by atoms with Crippen molar-refractivity contribution in [1.82, 2.24) is 0 Å². The van der Waals surface area contributed by atoms with Gasteiger partial charge >= 0.3 is 0 Å². The van der Waals surface area contributed by atoms with Gasteiger partial charge in [-0.15, -0.1) is 0 Å². The first kappa shape index (κ1) is 100.0. The zero-order valence-electron chi connectivity index (χ0n) is 71.0. The number of Topliss-reactive ketones (excluding diaryl/α,β-unsaturated/α-hetero) is 6. The summed E-state index contributed by atoms with van der Waals surface area (Å²) in [6.07, 6.45) is 19.8. The van der Waals surface area contributed by atoms with Crippen LogP contribution < -0.4 is 0 Å². The summed E-state index contributed by atoms with van der Waals surface area (Å²) < 4.78 is 34.3. The Balaban J connectivity index is -0.00000111. The van der Waals surface area contributed by atoms with E-state index in [9.17, 15) is 28.8 Å². The maximum absolute atomic E-state index is 12.2. The summed E-state index contributed by atoms with van der Waals surface area (Å²) in [6, 6.07) is 0. The molecule has 3 aliphatic rings. The Morgan fingerprint density at radius 2 is 0.602 bits per heavy atom. The molecule has 0 aromatic rings. The van der Waals surface area contributed by atoms with Crippen LogP contribution >= 0.6 is 0 Å². The standard InChI is InChI=1S/2C15H28O2.C15H30O2.C14H26O2.C14H28O2.C13H26O2/c1-6-7-17-14(9-12-8-11(12)2)13(16)10-15(3,4)5;1-5-9-17-14(10-12-7-6-8-12)13(16)11-15(2,3)4;1-8-9-17-13(11-15(5,6)7)12(16)10-14(2,3)4;1-5-8-16-13(9-11-6-7-11)12(15)10-14(2,3)4;1-8-9-16-12(14(5,6)7)11(15)10-13(2,3)4;1-7-8-15-12(10(2)3)11(14)9-13(4,5)6/h11-12,14H,6-10H2,1-5H3;12,14H,5-11H2,1-4H3;13H,8-11H2,1-7H3;11,13H,5-10H2,1-4H3;12H,8-10H2,1-7H3;10,12H,7-9H2,1-6H3. The molecule has 98 heavy (non-hydrogen) atoms. The second-order valence-electron chi connectivity index (χ2n) is 39.5. The molecule has 8 unspecified atom stereocenters. The second-order valence-corrected chi connectivity index (χ2v) is 39.5. The topological polar surface area (TPSA) is 158 Å². The summed E-state index contributed by atoms with van der Waals surface area (Å²) in [7, 11) is 0. The number of ether oxygens (including phenoxy) is 6. The Hall–Kier alpha value is -2.22. The lowest BCUT2D eigenvalue weighted by Gasteiger charge is -2.31. The average molecular weight is 1390 g/mol. The molecular weight excluding hydrogens is 1220 g/mol. The zero-order valence-corrected chi connectivity index (χ0v) is 71.0. The van der Waals surface area contributed by atoms with Gasteiger partial charge in [0.1, 0.15) is 36.6 Å². The zero-order chi connectivity index (χ0) is 76.9. The van der Waals surface area contributed by atoms with Crippen molar-refractivity contribution in [3.05, 3.63) is 0 Å². The summed E-state index contributed by atoms with van der Waals surface area (Å²) in [6.45, 7) is 73.4. The van der Waals surface area contributed by atoms with Crippen LogP contribution in [0.5, 0.6) is 0 Å². The van der Waals surface area contributed by atoms with E-state index in [2.05, 4.69) is 215 Å². The fraction of sp³-hybridized carbons (Fsp3) is 0.930. The van der Waals surface area contributed by atoms with Gasteiger partial charge in [0.15, 0.2) is 34.7 Å². The maximum Gasteiger partial charge on any atom is 0.162 e. The highest BCUT2D eigenvalue weighted by Gasteiger charge is 2.39. The van der Waals surface area contributed by atoms with E-state index in [1.807, 2.05) is 13.8 Å². The molecule has 582 valence electrons. The van der Waals surface area contributed by atoms with Gasteiger partial charge in [-0.3, -0.25) is 28.8 Å². The normalized spacial score (nSPS) is 17.9. The van der Waals surface area contributed by atoms with Crippen molar-refractivity contribution in [2.24, 2.45) is 72.9 Å². The third-order valence-electron chi connectivity index (χ3n) is 16.4. The molecular formula is C86H166O12. The van der Waals surface area contributed by atoms with E-state index in [-0.39, 0.29) is 103 Å². The largest absolute Gasteiger partial charge is 0.370 e. The number of ketones is 6. The molecule has 0 aromatic heterocycles. The molecule has 12 heteroatoms. The van der Waals surface area contributed by atoms with Crippen LogP contribution in [0.4, 0.5) is 0 Å². The van der Waals surface area contributed by atoms with Crippen molar-refractivity contribution >= 4 is 34.7 Å². The van der Waals surface area contributed by atoms with Gasteiger partial charge in [0.2, 0.25) is 0 Å². The van der Waals surface area contributed by atoms with Crippen LogP contribution in [0, 0.1) is 72.9 Å². The van der Waals surface area contributed by atoms with Crippen LogP contribution in [0.2, 0.25) is 0 Å². The van der Waals surface area contributed by atoms with Gasteiger partial charge < -0.3 is 28.4 Å². The molecule has 0 radical (unpaired) electrons. The average Bonchev–Trinajstić information content (AvgIpc) is 1.58. The van der Waals surface area contributed by atoms with E-state index in [0.29, 0.717) is 95.5 Å². The predicted octanol–water partition coefficient (Wildman–Crippen LogP) is 22.9. The SMILES string of the molecule is CCCOC(C(=O)CC(C)(C)C)C(C)(C)C.CCCOC(C(=O)CC(C)(C)C)C(C)C.CCCOC(CC(C)(C)C)C(=O)CC(C)(C)C.CCCOC(CC1CC1)C(=O)CC(C)(C)C.CCCOC(CC1CC1C)C(=O)CC(C)(C)C.CCCOC(CC1CCC1)C(=O)CC(C)(C)C. The van der Waals surface area contributed by atoms with Gasteiger partial charge in [0, 0.05) is 78.2 Å². The summed E-state index contributed by atoms with van der Waals surface area (Å²) in [5.41, 5.74) is 0.376. The highest BCUT2D eigenvalue weighted by Crippen LogP contribution is 2.43. The van der Waals surface area contributed by atoms with Gasteiger partial charge in [-0.05, 0) is 144 Å². The lowest BCUT2D eigenvalue weighted by molar-refractivity contribution is -0.140. The van der Waals surface area contributed by atoms with Crippen LogP contribution in [0.3, 0.4) is 0 Å². The first-order valence-electron chi connectivity index (χ1n) is 39.4. The molecule has 0 heterocycles. The van der Waals surface area contributed by atoms with Gasteiger partial charge in [0.05, 0.1) is 0 Å². The Morgan fingerprint density at radius 1 is 0.337 bits per heavy atom. The first-order chi connectivity index (χ1) is 44.6. The third-order valence-corrected chi connectivity index (χ3v) is 16.4. The first-order valence-corrected chi connectivity index (χ1v) is 39.4. The van der Waals surface area contributed by atoms with E-state index >= 15 is 0 Å². The number of carbonyl (C=O) groups excluding carboxylic acids is 6. The molecule has 3 saturated carbocycles. The Bertz CT molecular complexity index is 2090. The summed E-state index contributed by atoms with van der Waals surface area (Å²) in [5, 5.41) is 0. The molecule has 0 N–H and O–H groups in total. The van der Waals surface area contributed by atoms with Gasteiger partial charge in [-0.25, -0.2) is 0 Å². The van der Waals surface area contributed by atoms with Gasteiger partial charge in [0.25, 0.3) is 0 Å². The molecule has 0 aliphatic heterocycles. The van der Waals surface area contributed by atoms with Crippen LogP contribution in [0.15, 0.2) is 0 Å². The highest BCUT2D eigenvalue weighted by molar-refractivity contribution is 5.86. The quantitative estimate of drug-likeness (QED) is 0.0577. The van der Waals surface area contributed by atoms with Gasteiger partial charge in [-0.2, -0.15) is 0 Å². The number of hydrogen-bond acceptors (Lipinski definition) is 12. The van der Waals surface area contributed by atoms with E-state index in [1.54, 1.807) is 0 Å². The van der Waals surface area contributed by atoms with Gasteiger partial charge in [-0.1, -0.05) is 261 Å². The predicted molar refractivity (Wildman–Crippen MR) is 414 cm³/mol. The minimum Gasteiger partial charge on any atom is -0.370 e. The Morgan fingerprint density at radius 3 is 0.857 bits per heavy atom. The number of carbonyl (C=O) groups is 6. The molecule has 3 fully saturated rings. The van der Waals surface area contributed by atoms with E-state index in [0.717, 1.165) is 87.9 Å². The maximum atomic E-state index is 12.2. The number of hydrogen-bond donors (Lipinski definition) is 0. The lowest BCUT2D eigenvalue weighted by atomic mass is 9.79. The van der Waals surface area contributed by atoms with Crippen molar-refractivity contribution in [3.63, 3.8) is 0 Å². The molecule has 3 rings (SSSR count). The Kier molecular flexibility index (Phi) is 49.7. The fourth-order valence-corrected chi connectivity index (χ4v) is 11.2. The Labute approximate surface area is 607 Å². The van der Waals surface area contributed by atoms with Crippen LogP contribution in [0.1, 0.15) is 370 Å². The van der Waals surface area contributed by atoms with E-state index < -0.39 is 0 Å². The summed E-state index contributed by atoms with van der Waals surface area (Å²) in [4.78, 5) is 72.9. The molecule has 8 atom stereocenters. The highest BCUT2D eigenvalue weighted by atomic mass is 16.5. The van der Waals surface area contributed by atoms with Crippen molar-refractivity contribution in [2.45, 2.75) is 406 Å². The van der Waals surface area contributed by atoms with E-state index in [4.69, 9.17) is 28.4 Å². The minimum absolute atomic E-state index is 0.0379.